The van der Waals surface area contributed by atoms with Gasteiger partial charge in [0.1, 0.15) is 5.69 Å². The number of nitrogens with zero attached hydrogens (tertiary/aromatic N) is 3. The highest BCUT2D eigenvalue weighted by molar-refractivity contribution is 7.13. The topological polar surface area (TPSA) is 97.8 Å². The lowest BCUT2D eigenvalue weighted by Gasteiger charge is -1.86. The average molecular weight is 262 g/mol. The van der Waals surface area contributed by atoms with Gasteiger partial charge in [-0.15, -0.1) is 21.5 Å². The zero-order chi connectivity index (χ0) is 12.5. The molecular weight excluding hydrogens is 256 g/mol. The summed E-state index contributed by atoms with van der Waals surface area (Å²) in [5.74, 6) is 0.628. The van der Waals surface area contributed by atoms with Gasteiger partial charge in [-0.05, 0) is 11.4 Å². The van der Waals surface area contributed by atoms with Crippen LogP contribution in [0, 0.1) is 10.1 Å². The van der Waals surface area contributed by atoms with Crippen molar-refractivity contribution in [2.75, 3.05) is 0 Å². The molecule has 0 radical (unpaired) electrons. The normalized spacial score (nSPS) is 10.7. The third-order valence-electron chi connectivity index (χ3n) is 2.27. The van der Waals surface area contributed by atoms with Crippen LogP contribution in [-0.4, -0.2) is 20.1 Å². The number of thiophene rings is 1. The highest BCUT2D eigenvalue weighted by Gasteiger charge is 2.16. The second kappa shape index (κ2) is 4.08. The minimum atomic E-state index is -0.490. The Morgan fingerprint density at radius 2 is 2.22 bits per heavy atom. The van der Waals surface area contributed by atoms with Crippen LogP contribution in [0.15, 0.2) is 34.2 Å². The lowest BCUT2D eigenvalue weighted by atomic mass is 10.4. The van der Waals surface area contributed by atoms with Crippen molar-refractivity contribution in [1.29, 1.82) is 0 Å². The maximum absolute atomic E-state index is 10.6. The smallest absolute Gasteiger partial charge is 0.287 e. The van der Waals surface area contributed by atoms with Gasteiger partial charge in [-0.25, -0.2) is 0 Å². The Morgan fingerprint density at radius 3 is 2.89 bits per heavy atom. The predicted octanol–water partition coefficient (Wildman–Crippen LogP) is 2.70. The Balaban J connectivity index is 1.95. The van der Waals surface area contributed by atoms with Crippen LogP contribution in [0.4, 0.5) is 5.69 Å². The quantitative estimate of drug-likeness (QED) is 0.578. The summed E-state index contributed by atoms with van der Waals surface area (Å²) in [6.07, 6.45) is 1.28. The minimum absolute atomic E-state index is 0.0409. The van der Waals surface area contributed by atoms with Gasteiger partial charge >= 0.3 is 0 Å². The van der Waals surface area contributed by atoms with Gasteiger partial charge in [-0.1, -0.05) is 6.07 Å². The van der Waals surface area contributed by atoms with Crippen LogP contribution < -0.4 is 0 Å². The van der Waals surface area contributed by atoms with E-state index in [-0.39, 0.29) is 11.6 Å². The Labute approximate surface area is 104 Å². The molecule has 0 aromatic carbocycles. The van der Waals surface area contributed by atoms with Gasteiger partial charge in [-0.3, -0.25) is 10.1 Å². The van der Waals surface area contributed by atoms with Crippen LogP contribution in [0.5, 0.6) is 0 Å². The van der Waals surface area contributed by atoms with E-state index in [0.717, 1.165) is 4.88 Å². The van der Waals surface area contributed by atoms with Gasteiger partial charge in [-0.2, -0.15) is 0 Å². The summed E-state index contributed by atoms with van der Waals surface area (Å²) in [5.41, 5.74) is 0.387. The first-order chi connectivity index (χ1) is 8.74. The fourth-order valence-corrected chi connectivity index (χ4v) is 2.09. The first-order valence-electron chi connectivity index (χ1n) is 4.94. The van der Waals surface area contributed by atoms with E-state index in [1.165, 1.54) is 23.6 Å². The second-order valence-electron chi connectivity index (χ2n) is 3.42. The van der Waals surface area contributed by atoms with Crippen molar-refractivity contribution in [2.24, 2.45) is 0 Å². The summed E-state index contributed by atoms with van der Waals surface area (Å²) >= 11 is 1.48. The standard InChI is InChI=1S/C10H6N4O3S/c15-14(16)6-4-7(11-5-6)9-12-13-10(17-9)8-2-1-3-18-8/h1-5,11H. The molecule has 0 fully saturated rings. The summed E-state index contributed by atoms with van der Waals surface area (Å²) < 4.78 is 5.44. The number of aromatic nitrogens is 3. The van der Waals surface area contributed by atoms with Crippen LogP contribution >= 0.6 is 11.3 Å². The van der Waals surface area contributed by atoms with Crippen molar-refractivity contribution in [3.63, 3.8) is 0 Å². The summed E-state index contributed by atoms with van der Waals surface area (Å²) in [4.78, 5) is 13.7. The molecule has 18 heavy (non-hydrogen) atoms. The predicted molar refractivity (Wildman–Crippen MR) is 64.1 cm³/mol. The highest BCUT2D eigenvalue weighted by atomic mass is 32.1. The highest BCUT2D eigenvalue weighted by Crippen LogP contribution is 2.27. The molecule has 0 saturated heterocycles. The lowest BCUT2D eigenvalue weighted by Crippen LogP contribution is -1.82. The van der Waals surface area contributed by atoms with Crippen LogP contribution in [0.3, 0.4) is 0 Å². The fraction of sp³-hybridized carbons (Fsp3) is 0. The van der Waals surface area contributed by atoms with Gasteiger partial charge in [0.05, 0.1) is 16.0 Å². The van der Waals surface area contributed by atoms with Crippen molar-refractivity contribution in [3.8, 4) is 22.4 Å². The minimum Gasteiger partial charge on any atom is -0.414 e. The lowest BCUT2D eigenvalue weighted by molar-refractivity contribution is -0.384. The van der Waals surface area contributed by atoms with Crippen LogP contribution in [0.2, 0.25) is 0 Å². The third-order valence-corrected chi connectivity index (χ3v) is 3.12. The second-order valence-corrected chi connectivity index (χ2v) is 4.37. The summed E-state index contributed by atoms with van der Waals surface area (Å²) in [5, 5.41) is 20.2. The Bertz CT molecular complexity index is 686. The molecule has 3 heterocycles. The number of hydrogen-bond donors (Lipinski definition) is 1. The van der Waals surface area contributed by atoms with Gasteiger partial charge in [0.25, 0.3) is 17.5 Å². The third kappa shape index (κ3) is 1.78. The molecule has 0 unspecified atom stereocenters. The molecule has 3 aromatic heterocycles. The number of H-pyrrole nitrogens is 1. The molecule has 0 aliphatic rings. The first kappa shape index (κ1) is 10.7. The number of hydrogen-bond acceptors (Lipinski definition) is 6. The zero-order valence-corrected chi connectivity index (χ0v) is 9.68. The molecule has 0 bridgehead atoms. The largest absolute Gasteiger partial charge is 0.414 e. The van der Waals surface area contributed by atoms with Crippen molar-refractivity contribution < 1.29 is 9.34 Å². The molecule has 0 aliphatic carbocycles. The van der Waals surface area contributed by atoms with Gasteiger partial charge < -0.3 is 9.40 Å². The zero-order valence-electron chi connectivity index (χ0n) is 8.86. The van der Waals surface area contributed by atoms with E-state index in [4.69, 9.17) is 4.42 Å². The van der Waals surface area contributed by atoms with E-state index >= 15 is 0 Å². The van der Waals surface area contributed by atoms with Crippen molar-refractivity contribution in [1.82, 2.24) is 15.2 Å². The molecule has 8 heteroatoms. The molecule has 3 rings (SSSR count). The maximum Gasteiger partial charge on any atom is 0.287 e. The number of nitrogens with one attached hydrogen (secondary N) is 1. The molecule has 0 aliphatic heterocycles. The molecule has 3 aromatic rings. The maximum atomic E-state index is 10.6. The van der Waals surface area contributed by atoms with E-state index < -0.39 is 4.92 Å². The Morgan fingerprint density at radius 1 is 1.39 bits per heavy atom. The number of rotatable bonds is 3. The molecule has 0 spiro atoms. The van der Waals surface area contributed by atoms with Gasteiger partial charge in [0, 0.05) is 6.07 Å². The number of aromatic amines is 1. The molecule has 0 atom stereocenters. The fourth-order valence-electron chi connectivity index (χ4n) is 1.44. The monoisotopic (exact) mass is 262 g/mol. The van der Waals surface area contributed by atoms with Gasteiger partial charge in [0.15, 0.2) is 0 Å². The van der Waals surface area contributed by atoms with Gasteiger partial charge in [0.2, 0.25) is 0 Å². The van der Waals surface area contributed by atoms with Crippen molar-refractivity contribution >= 4 is 17.0 Å². The SMILES string of the molecule is O=[N+]([O-])c1c[nH]c(-c2nnc(-c3cccs3)o2)c1. The molecule has 7 nitrogen and oxygen atoms in total. The van der Waals surface area contributed by atoms with E-state index in [1.54, 1.807) is 0 Å². The Kier molecular flexibility index (Phi) is 2.41. The molecule has 1 N–H and O–H groups in total. The van der Waals surface area contributed by atoms with E-state index in [9.17, 15) is 10.1 Å². The van der Waals surface area contributed by atoms with E-state index in [1.807, 2.05) is 17.5 Å². The van der Waals surface area contributed by atoms with Crippen molar-refractivity contribution in [3.05, 3.63) is 39.9 Å². The summed E-state index contributed by atoms with van der Waals surface area (Å²) in [6, 6.07) is 5.09. The summed E-state index contributed by atoms with van der Waals surface area (Å²) in [7, 11) is 0. The molecule has 0 amide bonds. The van der Waals surface area contributed by atoms with E-state index in [2.05, 4.69) is 15.2 Å². The molecular formula is C10H6N4O3S. The Hall–Kier alpha value is -2.48. The summed E-state index contributed by atoms with van der Waals surface area (Å²) in [6.45, 7) is 0. The van der Waals surface area contributed by atoms with Crippen LogP contribution in [0.1, 0.15) is 0 Å². The first-order valence-corrected chi connectivity index (χ1v) is 5.82. The van der Waals surface area contributed by atoms with Crippen molar-refractivity contribution in [2.45, 2.75) is 0 Å². The van der Waals surface area contributed by atoms with Crippen LogP contribution in [0.25, 0.3) is 22.4 Å². The number of nitro groups is 1. The van der Waals surface area contributed by atoms with E-state index in [0.29, 0.717) is 11.6 Å². The molecule has 0 saturated carbocycles. The molecule has 90 valence electrons. The average Bonchev–Trinajstić information content (AvgIpc) is 3.10. The van der Waals surface area contributed by atoms with Crippen LogP contribution in [-0.2, 0) is 0 Å².